The monoisotopic (exact) mass is 391 g/mol. The van der Waals surface area contributed by atoms with Crippen molar-refractivity contribution in [3.63, 3.8) is 0 Å². The van der Waals surface area contributed by atoms with Gasteiger partial charge in [-0.25, -0.2) is 0 Å². The third-order valence-electron chi connectivity index (χ3n) is 3.73. The molecule has 0 radical (unpaired) electrons. The van der Waals surface area contributed by atoms with Gasteiger partial charge in [-0.05, 0) is 49.7 Å². The number of benzene rings is 2. The van der Waals surface area contributed by atoms with E-state index < -0.39 is 0 Å². The van der Waals surface area contributed by atoms with Crippen LogP contribution in [0.3, 0.4) is 0 Å². The summed E-state index contributed by atoms with van der Waals surface area (Å²) in [7, 11) is 1.99. The number of quaternary nitrogens is 1. The molecule has 0 saturated heterocycles. The Bertz CT molecular complexity index is 686. The first-order valence-corrected chi connectivity index (χ1v) is 8.80. The van der Waals surface area contributed by atoms with Crippen molar-refractivity contribution in [1.29, 1.82) is 0 Å². The Morgan fingerprint density at radius 2 is 1.88 bits per heavy atom. The van der Waals surface area contributed by atoms with Gasteiger partial charge in [0.25, 0.3) is 5.91 Å². The summed E-state index contributed by atoms with van der Waals surface area (Å²) in [6.07, 6.45) is 0. The molecule has 0 aliphatic carbocycles. The molecule has 0 heterocycles. The third kappa shape index (κ3) is 5.98. The standard InChI is InChI=1S/C19H23BrN2O2/c1-14-4-9-18(15(2)12-14)21-19(23)13-22(3)10-11-24-17-7-5-16(20)6-8-17/h4-9,12H,10-11,13H2,1-3H3,(H,21,23)/p+1. The molecular formula is C19H24BrN2O2+. The van der Waals surface area contributed by atoms with Gasteiger partial charge in [0.15, 0.2) is 6.54 Å². The fraction of sp³-hybridized carbons (Fsp3) is 0.316. The number of aryl methyl sites for hydroxylation is 2. The van der Waals surface area contributed by atoms with E-state index in [0.717, 1.165) is 32.9 Å². The number of anilines is 1. The Labute approximate surface area is 151 Å². The van der Waals surface area contributed by atoms with E-state index in [-0.39, 0.29) is 5.91 Å². The van der Waals surface area contributed by atoms with E-state index >= 15 is 0 Å². The summed E-state index contributed by atoms with van der Waals surface area (Å²) in [5.41, 5.74) is 3.16. The molecule has 0 spiro atoms. The van der Waals surface area contributed by atoms with E-state index in [2.05, 4.69) is 27.3 Å². The molecule has 2 aromatic carbocycles. The van der Waals surface area contributed by atoms with Crippen LogP contribution in [0.5, 0.6) is 5.75 Å². The molecule has 1 amide bonds. The van der Waals surface area contributed by atoms with Crippen molar-refractivity contribution >= 4 is 27.5 Å². The summed E-state index contributed by atoms with van der Waals surface area (Å²) in [6, 6.07) is 13.8. The topological polar surface area (TPSA) is 42.8 Å². The molecular weight excluding hydrogens is 368 g/mol. The molecule has 1 atom stereocenters. The summed E-state index contributed by atoms with van der Waals surface area (Å²) < 4.78 is 6.72. The number of carbonyl (C=O) groups is 1. The highest BCUT2D eigenvalue weighted by Crippen LogP contribution is 2.16. The predicted octanol–water partition coefficient (Wildman–Crippen LogP) is 2.60. The van der Waals surface area contributed by atoms with Crippen molar-refractivity contribution in [1.82, 2.24) is 0 Å². The molecule has 2 N–H and O–H groups in total. The number of amides is 1. The highest BCUT2D eigenvalue weighted by Gasteiger charge is 2.11. The van der Waals surface area contributed by atoms with Crippen LogP contribution in [0.25, 0.3) is 0 Å². The Morgan fingerprint density at radius 3 is 2.54 bits per heavy atom. The lowest BCUT2D eigenvalue weighted by Gasteiger charge is -2.15. The zero-order valence-electron chi connectivity index (χ0n) is 14.4. The Hall–Kier alpha value is -1.85. The Kier molecular flexibility index (Phi) is 6.82. The van der Waals surface area contributed by atoms with Gasteiger partial charge in [-0.2, -0.15) is 0 Å². The van der Waals surface area contributed by atoms with E-state index in [0.29, 0.717) is 13.2 Å². The first-order chi connectivity index (χ1) is 11.4. The van der Waals surface area contributed by atoms with Gasteiger partial charge in [-0.3, -0.25) is 4.79 Å². The molecule has 2 rings (SSSR count). The van der Waals surface area contributed by atoms with E-state index in [1.165, 1.54) is 5.56 Å². The van der Waals surface area contributed by atoms with E-state index in [9.17, 15) is 4.79 Å². The van der Waals surface area contributed by atoms with Crippen LogP contribution in [0.4, 0.5) is 5.69 Å². The number of nitrogens with one attached hydrogen (secondary N) is 2. The Balaban J connectivity index is 1.74. The average molecular weight is 392 g/mol. The molecule has 2 aromatic rings. The molecule has 0 fully saturated rings. The van der Waals surface area contributed by atoms with Gasteiger partial charge in [0, 0.05) is 10.2 Å². The van der Waals surface area contributed by atoms with Gasteiger partial charge in [-0.15, -0.1) is 0 Å². The fourth-order valence-corrected chi connectivity index (χ4v) is 2.65. The van der Waals surface area contributed by atoms with E-state index in [1.54, 1.807) is 0 Å². The number of ether oxygens (including phenoxy) is 1. The SMILES string of the molecule is Cc1ccc(NC(=O)C[NH+](C)CCOc2ccc(Br)cc2)c(C)c1. The lowest BCUT2D eigenvalue weighted by molar-refractivity contribution is -0.871. The van der Waals surface area contributed by atoms with Crippen molar-refractivity contribution in [2.45, 2.75) is 13.8 Å². The molecule has 0 aliphatic rings. The van der Waals surface area contributed by atoms with Crippen LogP contribution >= 0.6 is 15.9 Å². The third-order valence-corrected chi connectivity index (χ3v) is 4.26. The molecule has 0 saturated carbocycles. The molecule has 0 aromatic heterocycles. The van der Waals surface area contributed by atoms with Gasteiger partial charge < -0.3 is 15.0 Å². The van der Waals surface area contributed by atoms with Crippen LogP contribution < -0.4 is 15.0 Å². The van der Waals surface area contributed by atoms with Gasteiger partial charge in [0.2, 0.25) is 0 Å². The zero-order valence-corrected chi connectivity index (χ0v) is 15.9. The maximum absolute atomic E-state index is 12.2. The van der Waals surface area contributed by atoms with Crippen molar-refractivity contribution in [2.75, 3.05) is 32.1 Å². The highest BCUT2D eigenvalue weighted by molar-refractivity contribution is 9.10. The number of hydrogen-bond donors (Lipinski definition) is 2. The van der Waals surface area contributed by atoms with Crippen molar-refractivity contribution < 1.29 is 14.4 Å². The molecule has 0 aliphatic heterocycles. The second-order valence-electron chi connectivity index (χ2n) is 6.05. The van der Waals surface area contributed by atoms with Gasteiger partial charge >= 0.3 is 0 Å². The van der Waals surface area contributed by atoms with Crippen molar-refractivity contribution in [2.24, 2.45) is 0 Å². The molecule has 128 valence electrons. The van der Waals surface area contributed by atoms with E-state index in [1.807, 2.05) is 57.3 Å². The molecule has 1 unspecified atom stereocenters. The van der Waals surface area contributed by atoms with Crippen molar-refractivity contribution in [3.05, 3.63) is 58.1 Å². The first-order valence-electron chi connectivity index (χ1n) is 8.01. The first kappa shape index (κ1) is 18.5. The Morgan fingerprint density at radius 1 is 1.17 bits per heavy atom. The minimum absolute atomic E-state index is 0.0168. The minimum Gasteiger partial charge on any atom is -0.488 e. The van der Waals surface area contributed by atoms with Crippen LogP contribution in [0.1, 0.15) is 11.1 Å². The maximum atomic E-state index is 12.2. The minimum atomic E-state index is 0.0168. The van der Waals surface area contributed by atoms with Crippen LogP contribution in [-0.4, -0.2) is 32.7 Å². The highest BCUT2D eigenvalue weighted by atomic mass is 79.9. The smallest absolute Gasteiger partial charge is 0.279 e. The summed E-state index contributed by atoms with van der Waals surface area (Å²) in [4.78, 5) is 13.3. The van der Waals surface area contributed by atoms with Crippen LogP contribution in [-0.2, 0) is 4.79 Å². The number of hydrogen-bond acceptors (Lipinski definition) is 2. The molecule has 0 bridgehead atoms. The summed E-state index contributed by atoms with van der Waals surface area (Å²) >= 11 is 3.40. The van der Waals surface area contributed by atoms with E-state index in [4.69, 9.17) is 4.74 Å². The molecule has 24 heavy (non-hydrogen) atoms. The maximum Gasteiger partial charge on any atom is 0.279 e. The number of rotatable bonds is 7. The van der Waals surface area contributed by atoms with Gasteiger partial charge in [0.05, 0.1) is 7.05 Å². The van der Waals surface area contributed by atoms with Crippen LogP contribution in [0.2, 0.25) is 0 Å². The van der Waals surface area contributed by atoms with Gasteiger partial charge in [0.1, 0.15) is 18.9 Å². The lowest BCUT2D eigenvalue weighted by atomic mass is 10.1. The van der Waals surface area contributed by atoms with Crippen LogP contribution in [0, 0.1) is 13.8 Å². The second kappa shape index (κ2) is 8.85. The summed E-state index contributed by atoms with van der Waals surface area (Å²) in [6.45, 7) is 5.80. The summed E-state index contributed by atoms with van der Waals surface area (Å²) in [5, 5.41) is 2.98. The lowest BCUT2D eigenvalue weighted by Crippen LogP contribution is -3.10. The number of halogens is 1. The second-order valence-corrected chi connectivity index (χ2v) is 6.97. The van der Waals surface area contributed by atoms with Crippen LogP contribution in [0.15, 0.2) is 46.9 Å². The number of likely N-dealkylation sites (N-methyl/N-ethyl adjacent to an activating group) is 1. The fourth-order valence-electron chi connectivity index (χ4n) is 2.38. The average Bonchev–Trinajstić information content (AvgIpc) is 2.52. The number of carbonyl (C=O) groups excluding carboxylic acids is 1. The normalized spacial score (nSPS) is 11.8. The zero-order chi connectivity index (χ0) is 17.5. The quantitative estimate of drug-likeness (QED) is 0.761. The van der Waals surface area contributed by atoms with Gasteiger partial charge in [-0.1, -0.05) is 33.6 Å². The predicted molar refractivity (Wildman–Crippen MR) is 101 cm³/mol. The summed E-state index contributed by atoms with van der Waals surface area (Å²) in [5.74, 6) is 0.855. The molecule has 4 nitrogen and oxygen atoms in total. The van der Waals surface area contributed by atoms with Crippen molar-refractivity contribution in [3.8, 4) is 5.75 Å². The molecule has 5 heteroatoms. The largest absolute Gasteiger partial charge is 0.488 e.